The largest absolute Gasteiger partial charge is 0.496 e. The Morgan fingerprint density at radius 1 is 1.29 bits per heavy atom. The molecule has 0 aromatic heterocycles. The van der Waals surface area contributed by atoms with E-state index in [-0.39, 0.29) is 0 Å². The quantitative estimate of drug-likeness (QED) is 0.880. The van der Waals surface area contributed by atoms with E-state index in [0.29, 0.717) is 17.7 Å². The molecular formula is C16H15N3O2. The van der Waals surface area contributed by atoms with E-state index in [1.54, 1.807) is 49.6 Å². The molecule has 0 spiro atoms. The van der Waals surface area contributed by atoms with Crippen molar-refractivity contribution in [3.8, 4) is 11.8 Å². The summed E-state index contributed by atoms with van der Waals surface area (Å²) in [5.41, 5.74) is 7.97. The van der Waals surface area contributed by atoms with Crippen LogP contribution >= 0.6 is 0 Å². The fraction of sp³-hybridized carbons (Fsp3) is 0.125. The van der Waals surface area contributed by atoms with Crippen molar-refractivity contribution < 1.29 is 9.53 Å². The summed E-state index contributed by atoms with van der Waals surface area (Å²) < 4.78 is 5.27. The molecule has 0 atom stereocenters. The van der Waals surface area contributed by atoms with E-state index in [9.17, 15) is 4.79 Å². The van der Waals surface area contributed by atoms with Crippen molar-refractivity contribution in [2.24, 2.45) is 5.73 Å². The summed E-state index contributed by atoms with van der Waals surface area (Å²) in [6, 6.07) is 14.2. The summed E-state index contributed by atoms with van der Waals surface area (Å²) in [4.78, 5) is 11.0. The average Bonchev–Trinajstić information content (AvgIpc) is 2.52. The second-order valence-electron chi connectivity index (χ2n) is 4.43. The predicted molar refractivity (Wildman–Crippen MR) is 80.0 cm³/mol. The minimum absolute atomic E-state index is 0.454. The lowest BCUT2D eigenvalue weighted by atomic mass is 10.1. The van der Waals surface area contributed by atoms with E-state index < -0.39 is 5.91 Å². The van der Waals surface area contributed by atoms with Crippen molar-refractivity contribution in [1.82, 2.24) is 0 Å². The first kappa shape index (κ1) is 14.4. The molecule has 0 aliphatic rings. The molecule has 106 valence electrons. The topological polar surface area (TPSA) is 88.1 Å². The standard InChI is InChI=1S/C16H15N3O2/c1-21-15-7-2-11(9-17)8-13(15)10-19-14-5-3-12(4-6-14)16(18)20/h2-8,19H,10H2,1H3,(H2,18,20). The van der Waals surface area contributed by atoms with E-state index in [4.69, 9.17) is 15.7 Å². The van der Waals surface area contributed by atoms with Crippen molar-refractivity contribution in [3.05, 3.63) is 59.2 Å². The van der Waals surface area contributed by atoms with E-state index in [0.717, 1.165) is 17.0 Å². The second kappa shape index (κ2) is 6.44. The highest BCUT2D eigenvalue weighted by Crippen LogP contribution is 2.21. The molecule has 5 nitrogen and oxygen atoms in total. The van der Waals surface area contributed by atoms with E-state index in [2.05, 4.69) is 11.4 Å². The normalized spacial score (nSPS) is 9.71. The molecule has 3 N–H and O–H groups in total. The van der Waals surface area contributed by atoms with Crippen LogP contribution in [0.2, 0.25) is 0 Å². The van der Waals surface area contributed by atoms with Crippen molar-refractivity contribution >= 4 is 11.6 Å². The first-order valence-corrected chi connectivity index (χ1v) is 6.35. The zero-order valence-electron chi connectivity index (χ0n) is 11.6. The Hall–Kier alpha value is -3.00. The van der Waals surface area contributed by atoms with Crippen LogP contribution < -0.4 is 15.8 Å². The molecule has 0 aliphatic heterocycles. The predicted octanol–water partition coefficient (Wildman–Crippen LogP) is 2.28. The van der Waals surface area contributed by atoms with Crippen LogP contribution in [0.15, 0.2) is 42.5 Å². The van der Waals surface area contributed by atoms with E-state index in [1.807, 2.05) is 0 Å². The number of nitrogens with two attached hydrogens (primary N) is 1. The van der Waals surface area contributed by atoms with Gasteiger partial charge in [-0.15, -0.1) is 0 Å². The number of rotatable bonds is 5. The highest BCUT2D eigenvalue weighted by atomic mass is 16.5. The molecule has 0 bridgehead atoms. The van der Waals surface area contributed by atoms with Gasteiger partial charge in [0.2, 0.25) is 5.91 Å². The highest BCUT2D eigenvalue weighted by molar-refractivity contribution is 5.93. The van der Waals surface area contributed by atoms with Gasteiger partial charge in [0.25, 0.3) is 0 Å². The summed E-state index contributed by atoms with van der Waals surface area (Å²) in [7, 11) is 1.59. The Labute approximate surface area is 123 Å². The first-order valence-electron chi connectivity index (χ1n) is 6.35. The number of hydrogen-bond acceptors (Lipinski definition) is 4. The third kappa shape index (κ3) is 3.51. The number of nitrogens with zero attached hydrogens (tertiary/aromatic N) is 1. The molecule has 2 aromatic carbocycles. The number of hydrogen-bond donors (Lipinski definition) is 2. The van der Waals surface area contributed by atoms with Gasteiger partial charge in [0.15, 0.2) is 0 Å². The van der Waals surface area contributed by atoms with E-state index in [1.165, 1.54) is 0 Å². The highest BCUT2D eigenvalue weighted by Gasteiger charge is 2.05. The van der Waals surface area contributed by atoms with Gasteiger partial charge >= 0.3 is 0 Å². The number of carbonyl (C=O) groups is 1. The zero-order chi connectivity index (χ0) is 15.2. The number of nitrogens with one attached hydrogen (secondary N) is 1. The van der Waals surface area contributed by atoms with Crippen LogP contribution in [0.5, 0.6) is 5.75 Å². The number of amides is 1. The molecule has 0 aliphatic carbocycles. The first-order chi connectivity index (χ1) is 10.1. The number of methoxy groups -OCH3 is 1. The minimum atomic E-state index is -0.454. The molecule has 0 radical (unpaired) electrons. The number of ether oxygens (including phenoxy) is 1. The number of primary amides is 1. The molecule has 0 saturated heterocycles. The monoisotopic (exact) mass is 281 g/mol. The fourth-order valence-corrected chi connectivity index (χ4v) is 1.94. The van der Waals surface area contributed by atoms with Crippen LogP contribution in [0.4, 0.5) is 5.69 Å². The van der Waals surface area contributed by atoms with Gasteiger partial charge in [-0.2, -0.15) is 5.26 Å². The second-order valence-corrected chi connectivity index (χ2v) is 4.43. The molecule has 0 fully saturated rings. The Kier molecular flexibility index (Phi) is 4.42. The number of nitriles is 1. The summed E-state index contributed by atoms with van der Waals surface area (Å²) in [5, 5.41) is 12.2. The van der Waals surface area contributed by atoms with Crippen LogP contribution in [0, 0.1) is 11.3 Å². The van der Waals surface area contributed by atoms with Crippen molar-refractivity contribution in [2.45, 2.75) is 6.54 Å². The van der Waals surface area contributed by atoms with Gasteiger partial charge in [-0.25, -0.2) is 0 Å². The van der Waals surface area contributed by atoms with Crippen LogP contribution in [0.3, 0.4) is 0 Å². The van der Waals surface area contributed by atoms with Crippen LogP contribution in [0.1, 0.15) is 21.5 Å². The third-order valence-corrected chi connectivity index (χ3v) is 3.06. The molecule has 0 saturated carbocycles. The maximum Gasteiger partial charge on any atom is 0.248 e. The Balaban J connectivity index is 2.12. The Bertz CT molecular complexity index is 688. The van der Waals surface area contributed by atoms with Gasteiger partial charge in [0.05, 0.1) is 18.7 Å². The van der Waals surface area contributed by atoms with Crippen molar-refractivity contribution in [3.63, 3.8) is 0 Å². The van der Waals surface area contributed by atoms with Crippen molar-refractivity contribution in [1.29, 1.82) is 5.26 Å². The Morgan fingerprint density at radius 2 is 2.00 bits per heavy atom. The molecule has 0 unspecified atom stereocenters. The van der Waals surface area contributed by atoms with Gasteiger partial charge in [0, 0.05) is 23.4 Å². The maximum absolute atomic E-state index is 11.0. The lowest BCUT2D eigenvalue weighted by molar-refractivity contribution is 0.100. The fourth-order valence-electron chi connectivity index (χ4n) is 1.94. The molecule has 21 heavy (non-hydrogen) atoms. The van der Waals surface area contributed by atoms with Gasteiger partial charge in [0.1, 0.15) is 5.75 Å². The van der Waals surface area contributed by atoms with Crippen LogP contribution in [0.25, 0.3) is 0 Å². The number of benzene rings is 2. The molecule has 2 aromatic rings. The van der Waals surface area contributed by atoms with Gasteiger partial charge in [-0.05, 0) is 42.5 Å². The molecule has 0 heterocycles. The molecule has 5 heteroatoms. The smallest absolute Gasteiger partial charge is 0.248 e. The van der Waals surface area contributed by atoms with Crippen LogP contribution in [-0.2, 0) is 6.54 Å². The van der Waals surface area contributed by atoms with Gasteiger partial charge in [-0.1, -0.05) is 0 Å². The minimum Gasteiger partial charge on any atom is -0.496 e. The lowest BCUT2D eigenvalue weighted by Crippen LogP contribution is -2.10. The maximum atomic E-state index is 11.0. The molecule has 1 amide bonds. The van der Waals surface area contributed by atoms with E-state index >= 15 is 0 Å². The Morgan fingerprint density at radius 3 is 2.57 bits per heavy atom. The number of carbonyl (C=O) groups excluding carboxylic acids is 1. The lowest BCUT2D eigenvalue weighted by Gasteiger charge is -2.11. The molecular weight excluding hydrogens is 266 g/mol. The summed E-state index contributed by atoms with van der Waals surface area (Å²) >= 11 is 0. The summed E-state index contributed by atoms with van der Waals surface area (Å²) in [6.45, 7) is 0.509. The van der Waals surface area contributed by atoms with Gasteiger partial charge < -0.3 is 15.8 Å². The SMILES string of the molecule is COc1ccc(C#N)cc1CNc1ccc(C(N)=O)cc1. The summed E-state index contributed by atoms with van der Waals surface area (Å²) in [6.07, 6.45) is 0. The molecule has 2 rings (SSSR count). The van der Waals surface area contributed by atoms with Crippen molar-refractivity contribution in [2.75, 3.05) is 12.4 Å². The van der Waals surface area contributed by atoms with Crippen LogP contribution in [-0.4, -0.2) is 13.0 Å². The van der Waals surface area contributed by atoms with Gasteiger partial charge in [-0.3, -0.25) is 4.79 Å². The summed E-state index contributed by atoms with van der Waals surface area (Å²) in [5.74, 6) is 0.264. The number of anilines is 1. The zero-order valence-corrected chi connectivity index (χ0v) is 11.6. The average molecular weight is 281 g/mol. The third-order valence-electron chi connectivity index (χ3n) is 3.06.